The molecule has 2 aromatic rings. The number of carbonyl (C=O) groups is 1. The Labute approximate surface area is 142 Å². The molecule has 1 aliphatic carbocycles. The molecule has 5 heteroatoms. The molecule has 1 heterocycles. The second kappa shape index (κ2) is 6.36. The van der Waals surface area contributed by atoms with Gasteiger partial charge in [-0.3, -0.25) is 4.79 Å². The van der Waals surface area contributed by atoms with Crippen molar-refractivity contribution in [2.45, 2.75) is 32.2 Å². The van der Waals surface area contributed by atoms with Crippen LogP contribution in [-0.2, 0) is 11.2 Å². The van der Waals surface area contributed by atoms with Crippen molar-refractivity contribution in [2.24, 2.45) is 0 Å². The zero-order valence-electron chi connectivity index (χ0n) is 11.8. The predicted molar refractivity (Wildman–Crippen MR) is 97.1 cm³/mol. The van der Waals surface area contributed by atoms with Gasteiger partial charge in [0.1, 0.15) is 0 Å². The minimum absolute atomic E-state index is 0.0421. The number of carbonyl (C=O) groups excluding carboxylic acids is 1. The standard InChI is InChI=1S/C16H17IN2OS/c1-10(20)18-11-4-2-5-12(8-11)19-14-6-3-7-15-13(14)9-16(17)21-15/h2,4-5,8-9,14,19H,3,6-7H2,1H3,(H,18,20). The predicted octanol–water partition coefficient (Wildman–Crippen LogP) is 4.80. The highest BCUT2D eigenvalue weighted by Gasteiger charge is 2.22. The normalized spacial score (nSPS) is 17.1. The fraction of sp³-hybridized carbons (Fsp3) is 0.312. The van der Waals surface area contributed by atoms with Gasteiger partial charge < -0.3 is 10.6 Å². The third-order valence-electron chi connectivity index (χ3n) is 3.61. The lowest BCUT2D eigenvalue weighted by Crippen LogP contribution is -2.15. The lowest BCUT2D eigenvalue weighted by molar-refractivity contribution is -0.114. The van der Waals surface area contributed by atoms with E-state index < -0.39 is 0 Å². The highest BCUT2D eigenvalue weighted by molar-refractivity contribution is 14.1. The summed E-state index contributed by atoms with van der Waals surface area (Å²) in [7, 11) is 0. The maximum Gasteiger partial charge on any atom is 0.221 e. The van der Waals surface area contributed by atoms with E-state index in [9.17, 15) is 4.79 Å². The average Bonchev–Trinajstić information content (AvgIpc) is 2.80. The first-order valence-electron chi connectivity index (χ1n) is 7.04. The first-order chi connectivity index (χ1) is 10.1. The number of nitrogens with one attached hydrogen (secondary N) is 2. The Morgan fingerprint density at radius 2 is 2.14 bits per heavy atom. The van der Waals surface area contributed by atoms with Crippen LogP contribution >= 0.6 is 33.9 Å². The number of rotatable bonds is 3. The topological polar surface area (TPSA) is 41.1 Å². The lowest BCUT2D eigenvalue weighted by Gasteiger charge is -2.25. The smallest absolute Gasteiger partial charge is 0.221 e. The van der Waals surface area contributed by atoms with Gasteiger partial charge in [-0.2, -0.15) is 0 Å². The largest absolute Gasteiger partial charge is 0.378 e. The summed E-state index contributed by atoms with van der Waals surface area (Å²) in [6.07, 6.45) is 3.59. The van der Waals surface area contributed by atoms with Gasteiger partial charge in [-0.25, -0.2) is 0 Å². The number of thiophene rings is 1. The van der Waals surface area contributed by atoms with Crippen LogP contribution in [0.25, 0.3) is 0 Å². The van der Waals surface area contributed by atoms with E-state index >= 15 is 0 Å². The summed E-state index contributed by atoms with van der Waals surface area (Å²) in [5, 5.41) is 6.44. The SMILES string of the molecule is CC(=O)Nc1cccc(NC2CCCc3sc(I)cc32)c1. The second-order valence-electron chi connectivity index (χ2n) is 5.28. The minimum Gasteiger partial charge on any atom is -0.378 e. The molecule has 110 valence electrons. The fourth-order valence-electron chi connectivity index (χ4n) is 2.76. The summed E-state index contributed by atoms with van der Waals surface area (Å²) in [5.41, 5.74) is 3.34. The molecule has 0 radical (unpaired) electrons. The molecule has 1 amide bonds. The van der Waals surface area contributed by atoms with Gasteiger partial charge in [-0.15, -0.1) is 11.3 Å². The Morgan fingerprint density at radius 1 is 1.33 bits per heavy atom. The van der Waals surface area contributed by atoms with Crippen LogP contribution in [0, 0.1) is 2.88 Å². The molecule has 1 aliphatic rings. The molecule has 1 aromatic carbocycles. The molecule has 3 rings (SSSR count). The van der Waals surface area contributed by atoms with Gasteiger partial charge in [0, 0.05) is 23.2 Å². The number of aryl methyl sites for hydroxylation is 1. The number of fused-ring (bicyclic) bond motifs is 1. The zero-order chi connectivity index (χ0) is 14.8. The van der Waals surface area contributed by atoms with E-state index in [0.717, 1.165) is 17.8 Å². The fourth-order valence-corrected chi connectivity index (χ4v) is 4.88. The van der Waals surface area contributed by atoms with E-state index in [1.165, 1.54) is 33.1 Å². The Kier molecular flexibility index (Phi) is 4.49. The summed E-state index contributed by atoms with van der Waals surface area (Å²) >= 11 is 4.31. The zero-order valence-corrected chi connectivity index (χ0v) is 14.8. The maximum absolute atomic E-state index is 11.1. The van der Waals surface area contributed by atoms with Crippen LogP contribution in [0.3, 0.4) is 0 Å². The maximum atomic E-state index is 11.1. The van der Waals surface area contributed by atoms with Gasteiger partial charge in [0.25, 0.3) is 0 Å². The van der Waals surface area contributed by atoms with Crippen LogP contribution in [-0.4, -0.2) is 5.91 Å². The number of halogens is 1. The molecule has 1 aromatic heterocycles. The van der Waals surface area contributed by atoms with Gasteiger partial charge in [-0.1, -0.05) is 6.07 Å². The first kappa shape index (κ1) is 14.8. The van der Waals surface area contributed by atoms with Gasteiger partial charge >= 0.3 is 0 Å². The van der Waals surface area contributed by atoms with E-state index in [-0.39, 0.29) is 5.91 Å². The molecule has 2 N–H and O–H groups in total. The van der Waals surface area contributed by atoms with E-state index in [1.54, 1.807) is 0 Å². The molecule has 0 spiro atoms. The van der Waals surface area contributed by atoms with Crippen molar-refractivity contribution in [2.75, 3.05) is 10.6 Å². The molecule has 0 aliphatic heterocycles. The minimum atomic E-state index is -0.0421. The molecule has 0 saturated heterocycles. The number of benzene rings is 1. The van der Waals surface area contributed by atoms with Crippen molar-refractivity contribution in [1.29, 1.82) is 0 Å². The monoisotopic (exact) mass is 412 g/mol. The number of hydrogen-bond donors (Lipinski definition) is 2. The highest BCUT2D eigenvalue weighted by Crippen LogP contribution is 2.38. The molecule has 0 fully saturated rings. The highest BCUT2D eigenvalue weighted by atomic mass is 127. The third kappa shape index (κ3) is 3.58. The Hall–Kier alpha value is -1.08. The van der Waals surface area contributed by atoms with Crippen molar-refractivity contribution >= 4 is 51.2 Å². The lowest BCUT2D eigenvalue weighted by atomic mass is 9.94. The summed E-state index contributed by atoms with van der Waals surface area (Å²) in [6.45, 7) is 1.53. The van der Waals surface area contributed by atoms with Crippen LogP contribution in [0.1, 0.15) is 36.2 Å². The van der Waals surface area contributed by atoms with Gasteiger partial charge in [0.05, 0.1) is 8.93 Å². The van der Waals surface area contributed by atoms with Crippen LogP contribution in [0.2, 0.25) is 0 Å². The first-order valence-corrected chi connectivity index (χ1v) is 8.93. The third-order valence-corrected chi connectivity index (χ3v) is 5.58. The van der Waals surface area contributed by atoms with E-state index in [4.69, 9.17) is 0 Å². The van der Waals surface area contributed by atoms with Crippen molar-refractivity contribution in [3.63, 3.8) is 0 Å². The number of hydrogen-bond acceptors (Lipinski definition) is 3. The van der Waals surface area contributed by atoms with Crippen LogP contribution < -0.4 is 10.6 Å². The molecule has 3 nitrogen and oxygen atoms in total. The summed E-state index contributed by atoms with van der Waals surface area (Å²) < 4.78 is 1.36. The Balaban J connectivity index is 1.79. The number of anilines is 2. The summed E-state index contributed by atoms with van der Waals surface area (Å²) in [5.74, 6) is -0.0421. The molecular formula is C16H17IN2OS. The van der Waals surface area contributed by atoms with Crippen molar-refractivity contribution in [3.05, 3.63) is 43.7 Å². The van der Waals surface area contributed by atoms with Crippen molar-refractivity contribution < 1.29 is 4.79 Å². The van der Waals surface area contributed by atoms with E-state index in [1.807, 2.05) is 29.5 Å². The average molecular weight is 412 g/mol. The summed E-state index contributed by atoms with van der Waals surface area (Å²) in [6, 6.07) is 10.6. The van der Waals surface area contributed by atoms with E-state index in [0.29, 0.717) is 6.04 Å². The van der Waals surface area contributed by atoms with E-state index in [2.05, 4.69) is 45.4 Å². The summed E-state index contributed by atoms with van der Waals surface area (Å²) in [4.78, 5) is 12.7. The van der Waals surface area contributed by atoms with Crippen molar-refractivity contribution in [3.8, 4) is 0 Å². The van der Waals surface area contributed by atoms with Crippen molar-refractivity contribution in [1.82, 2.24) is 0 Å². The second-order valence-corrected chi connectivity index (χ2v) is 8.31. The molecule has 0 saturated carbocycles. The van der Waals surface area contributed by atoms with Gasteiger partial charge in [0.15, 0.2) is 0 Å². The van der Waals surface area contributed by atoms with Gasteiger partial charge in [-0.05, 0) is 71.7 Å². The Bertz CT molecular complexity index is 668. The van der Waals surface area contributed by atoms with Crippen LogP contribution in [0.15, 0.2) is 30.3 Å². The molecule has 0 bridgehead atoms. The number of amides is 1. The van der Waals surface area contributed by atoms with Gasteiger partial charge in [0.2, 0.25) is 5.91 Å². The quantitative estimate of drug-likeness (QED) is 0.712. The Morgan fingerprint density at radius 3 is 2.95 bits per heavy atom. The van der Waals surface area contributed by atoms with Crippen LogP contribution in [0.5, 0.6) is 0 Å². The molecular weight excluding hydrogens is 395 g/mol. The van der Waals surface area contributed by atoms with Crippen LogP contribution in [0.4, 0.5) is 11.4 Å². The molecule has 21 heavy (non-hydrogen) atoms. The molecule has 1 unspecified atom stereocenters. The molecule has 1 atom stereocenters.